The van der Waals surface area contributed by atoms with E-state index in [-0.39, 0.29) is 13.2 Å². The molecular formula is C14H20O6. The van der Waals surface area contributed by atoms with Gasteiger partial charge in [-0.25, -0.2) is 0 Å². The third-order valence-corrected chi connectivity index (χ3v) is 3.34. The van der Waals surface area contributed by atoms with Crippen molar-refractivity contribution in [3.63, 3.8) is 0 Å². The van der Waals surface area contributed by atoms with Gasteiger partial charge in [0.25, 0.3) is 0 Å². The van der Waals surface area contributed by atoms with Gasteiger partial charge in [0.2, 0.25) is 0 Å². The summed E-state index contributed by atoms with van der Waals surface area (Å²) in [7, 11) is 1.38. The molecule has 1 aliphatic heterocycles. The molecule has 0 radical (unpaired) electrons. The van der Waals surface area contributed by atoms with Crippen molar-refractivity contribution in [3.8, 4) is 0 Å². The highest BCUT2D eigenvalue weighted by Gasteiger charge is 2.45. The molecule has 0 aromatic heterocycles. The van der Waals surface area contributed by atoms with Crippen LogP contribution in [0.25, 0.3) is 0 Å². The molecule has 1 heterocycles. The van der Waals surface area contributed by atoms with Crippen molar-refractivity contribution in [3.05, 3.63) is 35.9 Å². The van der Waals surface area contributed by atoms with Gasteiger partial charge >= 0.3 is 0 Å². The van der Waals surface area contributed by atoms with Crippen LogP contribution in [0.2, 0.25) is 0 Å². The molecule has 0 bridgehead atoms. The predicted molar refractivity (Wildman–Crippen MR) is 69.8 cm³/mol. The zero-order valence-electron chi connectivity index (χ0n) is 11.3. The second-order valence-electron chi connectivity index (χ2n) is 4.70. The molecule has 1 aromatic rings. The van der Waals surface area contributed by atoms with Crippen molar-refractivity contribution < 1.29 is 29.5 Å². The summed E-state index contributed by atoms with van der Waals surface area (Å²) in [4.78, 5) is 0. The Morgan fingerprint density at radius 1 is 1.15 bits per heavy atom. The largest absolute Gasteiger partial charge is 0.394 e. The first-order chi connectivity index (χ1) is 9.67. The fourth-order valence-corrected chi connectivity index (χ4v) is 2.21. The average Bonchev–Trinajstić information content (AvgIpc) is 2.48. The van der Waals surface area contributed by atoms with Gasteiger partial charge in [-0.05, 0) is 5.56 Å². The van der Waals surface area contributed by atoms with E-state index in [2.05, 4.69) is 0 Å². The summed E-state index contributed by atoms with van der Waals surface area (Å²) in [5, 5.41) is 29.3. The Morgan fingerprint density at radius 2 is 1.85 bits per heavy atom. The van der Waals surface area contributed by atoms with Gasteiger partial charge < -0.3 is 29.5 Å². The number of aliphatic hydroxyl groups excluding tert-OH is 3. The molecule has 0 saturated carbocycles. The lowest BCUT2D eigenvalue weighted by atomic mass is 9.99. The summed E-state index contributed by atoms with van der Waals surface area (Å²) in [6.07, 6.45) is -4.90. The molecule has 6 nitrogen and oxygen atoms in total. The van der Waals surface area contributed by atoms with E-state index in [0.717, 1.165) is 5.56 Å². The first-order valence-electron chi connectivity index (χ1n) is 6.48. The summed E-state index contributed by atoms with van der Waals surface area (Å²) < 4.78 is 15.8. The summed E-state index contributed by atoms with van der Waals surface area (Å²) in [6, 6.07) is 9.42. The number of hydrogen-bond acceptors (Lipinski definition) is 6. The van der Waals surface area contributed by atoms with Gasteiger partial charge in [-0.2, -0.15) is 0 Å². The molecule has 6 heteroatoms. The number of methoxy groups -OCH3 is 1. The first kappa shape index (κ1) is 15.4. The highest BCUT2D eigenvalue weighted by Crippen LogP contribution is 2.24. The normalized spacial score (nSPS) is 34.1. The number of aliphatic hydroxyl groups is 3. The molecule has 3 N–H and O–H groups in total. The van der Waals surface area contributed by atoms with E-state index in [0.29, 0.717) is 0 Å². The van der Waals surface area contributed by atoms with Crippen LogP contribution in [0.4, 0.5) is 0 Å². The molecule has 0 amide bonds. The maximum absolute atomic E-state index is 10.1. The van der Waals surface area contributed by atoms with E-state index in [1.165, 1.54) is 7.11 Å². The minimum atomic E-state index is -1.12. The van der Waals surface area contributed by atoms with Crippen molar-refractivity contribution in [2.24, 2.45) is 0 Å². The summed E-state index contributed by atoms with van der Waals surface area (Å²) in [6.45, 7) is -0.132. The van der Waals surface area contributed by atoms with Crippen LogP contribution in [0.1, 0.15) is 5.56 Å². The third-order valence-electron chi connectivity index (χ3n) is 3.34. The van der Waals surface area contributed by atoms with E-state index in [1.54, 1.807) is 0 Å². The summed E-state index contributed by atoms with van der Waals surface area (Å²) >= 11 is 0. The second kappa shape index (κ2) is 7.12. The van der Waals surface area contributed by atoms with Gasteiger partial charge in [-0.3, -0.25) is 0 Å². The minimum Gasteiger partial charge on any atom is -0.394 e. The SMILES string of the molecule is CO[C@@H]1O[C@@H](CO)[C@@H](O)[C@H](OCc2ccccc2)[C@H]1O. The van der Waals surface area contributed by atoms with Crippen LogP contribution < -0.4 is 0 Å². The van der Waals surface area contributed by atoms with E-state index in [1.807, 2.05) is 30.3 Å². The molecule has 0 unspecified atom stereocenters. The van der Waals surface area contributed by atoms with Crippen LogP contribution in [-0.4, -0.2) is 59.7 Å². The fourth-order valence-electron chi connectivity index (χ4n) is 2.21. The van der Waals surface area contributed by atoms with Gasteiger partial charge in [0, 0.05) is 7.11 Å². The molecule has 1 aliphatic rings. The number of benzene rings is 1. The van der Waals surface area contributed by atoms with Gasteiger partial charge in [-0.1, -0.05) is 30.3 Å². The predicted octanol–water partition coefficient (Wildman–Crippen LogP) is -0.343. The quantitative estimate of drug-likeness (QED) is 0.685. The van der Waals surface area contributed by atoms with Crippen molar-refractivity contribution in [2.75, 3.05) is 13.7 Å². The van der Waals surface area contributed by atoms with Crippen molar-refractivity contribution >= 4 is 0 Å². The Bertz CT molecular complexity index is 382. The Kier molecular flexibility index (Phi) is 5.47. The molecule has 0 aliphatic carbocycles. The molecule has 2 rings (SSSR count). The van der Waals surface area contributed by atoms with Crippen LogP contribution in [0.3, 0.4) is 0 Å². The third kappa shape index (κ3) is 3.35. The molecule has 1 aromatic carbocycles. The average molecular weight is 284 g/mol. The minimum absolute atomic E-state index is 0.244. The molecule has 5 atom stereocenters. The number of ether oxygens (including phenoxy) is 3. The molecule has 1 saturated heterocycles. The highest BCUT2D eigenvalue weighted by molar-refractivity contribution is 5.13. The van der Waals surface area contributed by atoms with Crippen molar-refractivity contribution in [1.82, 2.24) is 0 Å². The van der Waals surface area contributed by atoms with E-state index in [9.17, 15) is 15.3 Å². The Balaban J connectivity index is 2.02. The van der Waals surface area contributed by atoms with Gasteiger partial charge in [-0.15, -0.1) is 0 Å². The topological polar surface area (TPSA) is 88.4 Å². The lowest BCUT2D eigenvalue weighted by Crippen LogP contribution is -2.59. The lowest BCUT2D eigenvalue weighted by Gasteiger charge is -2.41. The van der Waals surface area contributed by atoms with E-state index >= 15 is 0 Å². The molecule has 1 fully saturated rings. The van der Waals surface area contributed by atoms with Gasteiger partial charge in [0.15, 0.2) is 6.29 Å². The van der Waals surface area contributed by atoms with Gasteiger partial charge in [0.1, 0.15) is 24.4 Å². The summed E-state index contributed by atoms with van der Waals surface area (Å²) in [5.41, 5.74) is 0.924. The lowest BCUT2D eigenvalue weighted by molar-refractivity contribution is -0.303. The van der Waals surface area contributed by atoms with Gasteiger partial charge in [0.05, 0.1) is 13.2 Å². The Morgan fingerprint density at radius 3 is 2.45 bits per heavy atom. The van der Waals surface area contributed by atoms with Crippen LogP contribution >= 0.6 is 0 Å². The monoisotopic (exact) mass is 284 g/mol. The molecule has 20 heavy (non-hydrogen) atoms. The zero-order chi connectivity index (χ0) is 14.5. The number of rotatable bonds is 5. The zero-order valence-corrected chi connectivity index (χ0v) is 11.3. The molecule has 112 valence electrons. The Hall–Kier alpha value is -1.02. The van der Waals surface area contributed by atoms with Crippen LogP contribution in [0.15, 0.2) is 30.3 Å². The fraction of sp³-hybridized carbons (Fsp3) is 0.571. The standard InChI is InChI=1S/C14H20O6/c1-18-14-12(17)13(11(16)10(7-15)20-14)19-8-9-5-3-2-4-6-9/h2-6,10-17H,7-8H2,1H3/t10-,11+,12+,13-,14+/m0/s1. The van der Waals surface area contributed by atoms with Crippen LogP contribution in [-0.2, 0) is 20.8 Å². The Labute approximate surface area is 117 Å². The maximum Gasteiger partial charge on any atom is 0.186 e. The number of hydrogen-bond donors (Lipinski definition) is 3. The van der Waals surface area contributed by atoms with Crippen molar-refractivity contribution in [2.45, 2.75) is 37.3 Å². The smallest absolute Gasteiger partial charge is 0.186 e. The van der Waals surface area contributed by atoms with Crippen LogP contribution in [0.5, 0.6) is 0 Å². The molecule has 0 spiro atoms. The first-order valence-corrected chi connectivity index (χ1v) is 6.48. The summed E-state index contributed by atoms with van der Waals surface area (Å²) in [5.74, 6) is 0. The maximum atomic E-state index is 10.1. The second-order valence-corrected chi connectivity index (χ2v) is 4.70. The van der Waals surface area contributed by atoms with Crippen molar-refractivity contribution in [1.29, 1.82) is 0 Å². The van der Waals surface area contributed by atoms with Crippen LogP contribution in [0, 0.1) is 0 Å². The molecular weight excluding hydrogens is 264 g/mol. The van der Waals surface area contributed by atoms with E-state index in [4.69, 9.17) is 14.2 Å². The van der Waals surface area contributed by atoms with E-state index < -0.39 is 30.7 Å². The highest BCUT2D eigenvalue weighted by atomic mass is 16.7.